The van der Waals surface area contributed by atoms with Crippen molar-refractivity contribution >= 4 is 41.5 Å². The van der Waals surface area contributed by atoms with E-state index in [-0.39, 0.29) is 24.0 Å². The first-order chi connectivity index (χ1) is 10.7. The number of pyridine rings is 1. The van der Waals surface area contributed by atoms with E-state index >= 15 is 0 Å². The Hall–Kier alpha value is -0.800. The fourth-order valence-electron chi connectivity index (χ4n) is 2.56. The van der Waals surface area contributed by atoms with Gasteiger partial charge in [0, 0.05) is 18.3 Å². The van der Waals surface area contributed by atoms with Crippen molar-refractivity contribution in [3.63, 3.8) is 0 Å². The third kappa shape index (κ3) is 7.09. The Morgan fingerprint density at radius 3 is 3.09 bits per heavy atom. The van der Waals surface area contributed by atoms with E-state index in [1.165, 1.54) is 19.4 Å². The average Bonchev–Trinajstić information content (AvgIpc) is 2.99. The topological polar surface area (TPSA) is 75.8 Å². The van der Waals surface area contributed by atoms with Gasteiger partial charge in [-0.05, 0) is 32.0 Å². The molecule has 1 saturated heterocycles. The van der Waals surface area contributed by atoms with E-state index in [9.17, 15) is 0 Å². The summed E-state index contributed by atoms with van der Waals surface area (Å²) in [5.41, 5.74) is 5.87. The van der Waals surface area contributed by atoms with Crippen LogP contribution < -0.4 is 15.8 Å². The van der Waals surface area contributed by atoms with E-state index in [0.29, 0.717) is 36.1 Å². The number of hydrogen-bond acceptors (Lipinski definition) is 4. The molecule has 1 aromatic heterocycles. The molecular formula is C15H25ClIN5O. The second-order valence-electron chi connectivity index (χ2n) is 5.24. The third-order valence-corrected chi connectivity index (χ3v) is 3.96. The summed E-state index contributed by atoms with van der Waals surface area (Å²) in [6, 6.07) is 4.01. The van der Waals surface area contributed by atoms with Crippen LogP contribution in [-0.2, 0) is 0 Å². The summed E-state index contributed by atoms with van der Waals surface area (Å²) in [5, 5.41) is 3.64. The van der Waals surface area contributed by atoms with E-state index in [4.69, 9.17) is 22.1 Å². The first-order valence-corrected chi connectivity index (χ1v) is 8.09. The zero-order valence-corrected chi connectivity index (χ0v) is 16.5. The highest BCUT2D eigenvalue weighted by Gasteiger charge is 2.22. The summed E-state index contributed by atoms with van der Waals surface area (Å²) in [6.45, 7) is 6.25. The molecular weight excluding hydrogens is 429 g/mol. The number of aliphatic imine (C=N–C) groups is 1. The van der Waals surface area contributed by atoms with Crippen molar-refractivity contribution in [1.82, 2.24) is 15.2 Å². The highest BCUT2D eigenvalue weighted by Crippen LogP contribution is 2.16. The molecule has 23 heavy (non-hydrogen) atoms. The van der Waals surface area contributed by atoms with Crippen molar-refractivity contribution < 1.29 is 4.74 Å². The molecule has 1 aromatic rings. The van der Waals surface area contributed by atoms with Gasteiger partial charge in [-0.2, -0.15) is 0 Å². The third-order valence-electron chi connectivity index (χ3n) is 3.74. The number of rotatable bonds is 7. The normalized spacial score (nSPS) is 18.5. The number of hydrogen-bond donors (Lipinski definition) is 2. The van der Waals surface area contributed by atoms with Crippen molar-refractivity contribution in [1.29, 1.82) is 0 Å². The lowest BCUT2D eigenvalue weighted by atomic mass is 10.2. The predicted octanol–water partition coefficient (Wildman–Crippen LogP) is 2.12. The summed E-state index contributed by atoms with van der Waals surface area (Å²) >= 11 is 5.76. The number of ether oxygens (including phenoxy) is 1. The molecule has 130 valence electrons. The van der Waals surface area contributed by atoms with Crippen molar-refractivity contribution in [2.75, 3.05) is 32.8 Å². The molecule has 2 rings (SSSR count). The molecule has 0 saturated carbocycles. The van der Waals surface area contributed by atoms with Gasteiger partial charge in [0.2, 0.25) is 5.88 Å². The zero-order chi connectivity index (χ0) is 15.8. The summed E-state index contributed by atoms with van der Waals surface area (Å²) in [6.07, 6.45) is 4.01. The molecule has 1 atom stereocenters. The molecule has 0 amide bonds. The van der Waals surface area contributed by atoms with Gasteiger partial charge in [-0.15, -0.1) is 24.0 Å². The molecule has 2 heterocycles. The minimum atomic E-state index is 0. The summed E-state index contributed by atoms with van der Waals surface area (Å²) in [4.78, 5) is 10.9. The SMILES string of the molecule is CCN1CCCC1CN=C(N)NCCOc1ccc(Cl)cn1.I. The number of likely N-dealkylation sites (tertiary alicyclic amines) is 1. The molecule has 1 fully saturated rings. The molecule has 0 bridgehead atoms. The summed E-state index contributed by atoms with van der Waals surface area (Å²) < 4.78 is 5.47. The van der Waals surface area contributed by atoms with Crippen LogP contribution in [0.4, 0.5) is 0 Å². The van der Waals surface area contributed by atoms with Crippen LogP contribution in [-0.4, -0.2) is 54.7 Å². The minimum Gasteiger partial charge on any atom is -0.476 e. The fraction of sp³-hybridized carbons (Fsp3) is 0.600. The Labute approximate surface area is 159 Å². The molecule has 0 aromatic carbocycles. The predicted molar refractivity (Wildman–Crippen MR) is 105 cm³/mol. The van der Waals surface area contributed by atoms with Crippen molar-refractivity contribution in [2.45, 2.75) is 25.8 Å². The van der Waals surface area contributed by atoms with E-state index in [1.54, 1.807) is 18.3 Å². The van der Waals surface area contributed by atoms with E-state index in [2.05, 4.69) is 27.1 Å². The van der Waals surface area contributed by atoms with Gasteiger partial charge in [0.1, 0.15) is 6.61 Å². The van der Waals surface area contributed by atoms with Gasteiger partial charge in [0.15, 0.2) is 5.96 Å². The largest absolute Gasteiger partial charge is 0.476 e. The van der Waals surface area contributed by atoms with Gasteiger partial charge < -0.3 is 15.8 Å². The quantitative estimate of drug-likeness (QED) is 0.286. The fourth-order valence-corrected chi connectivity index (χ4v) is 2.67. The van der Waals surface area contributed by atoms with Crippen molar-refractivity contribution in [3.05, 3.63) is 23.4 Å². The van der Waals surface area contributed by atoms with Gasteiger partial charge in [-0.3, -0.25) is 9.89 Å². The number of guanidine groups is 1. The molecule has 3 N–H and O–H groups in total. The van der Waals surface area contributed by atoms with Crippen molar-refractivity contribution in [2.24, 2.45) is 10.7 Å². The standard InChI is InChI=1S/C15H24ClN5O.HI/c1-2-21-8-3-4-13(21)11-20-15(17)18-7-9-22-14-6-5-12(16)10-19-14;/h5-6,10,13H,2-4,7-9,11H2,1H3,(H3,17,18,20);1H. The first kappa shape index (κ1) is 20.2. The van der Waals surface area contributed by atoms with Crippen LogP contribution in [0.5, 0.6) is 5.88 Å². The van der Waals surface area contributed by atoms with E-state index in [1.807, 2.05) is 0 Å². The lowest BCUT2D eigenvalue weighted by molar-refractivity contribution is 0.273. The number of aromatic nitrogens is 1. The number of likely N-dealkylation sites (N-methyl/N-ethyl adjacent to an activating group) is 1. The van der Waals surface area contributed by atoms with Gasteiger partial charge in [0.25, 0.3) is 0 Å². The second kappa shape index (κ2) is 10.9. The number of nitrogens with two attached hydrogens (primary N) is 1. The number of nitrogens with zero attached hydrogens (tertiary/aromatic N) is 3. The van der Waals surface area contributed by atoms with Crippen LogP contribution in [0.25, 0.3) is 0 Å². The minimum absolute atomic E-state index is 0. The molecule has 6 nitrogen and oxygen atoms in total. The van der Waals surface area contributed by atoms with Crippen LogP contribution in [0.15, 0.2) is 23.3 Å². The summed E-state index contributed by atoms with van der Waals surface area (Å²) in [7, 11) is 0. The monoisotopic (exact) mass is 453 g/mol. The second-order valence-corrected chi connectivity index (χ2v) is 5.68. The number of halogens is 2. The van der Waals surface area contributed by atoms with Crippen molar-refractivity contribution in [3.8, 4) is 5.88 Å². The highest BCUT2D eigenvalue weighted by atomic mass is 127. The molecule has 0 aliphatic carbocycles. The first-order valence-electron chi connectivity index (χ1n) is 7.71. The molecule has 1 aliphatic heterocycles. The Balaban J connectivity index is 0.00000264. The van der Waals surface area contributed by atoms with Gasteiger partial charge in [0.05, 0.1) is 18.1 Å². The van der Waals surface area contributed by atoms with Crippen LogP contribution in [0.1, 0.15) is 19.8 Å². The maximum absolute atomic E-state index is 5.87. The molecule has 1 aliphatic rings. The Morgan fingerprint density at radius 2 is 2.39 bits per heavy atom. The Bertz CT molecular complexity index is 485. The van der Waals surface area contributed by atoms with E-state index < -0.39 is 0 Å². The Morgan fingerprint density at radius 1 is 1.57 bits per heavy atom. The van der Waals surface area contributed by atoms with Crippen LogP contribution in [0, 0.1) is 0 Å². The van der Waals surface area contributed by atoms with Crippen LogP contribution in [0.3, 0.4) is 0 Å². The zero-order valence-electron chi connectivity index (χ0n) is 13.4. The molecule has 1 unspecified atom stereocenters. The maximum Gasteiger partial charge on any atom is 0.213 e. The Kier molecular flexibility index (Phi) is 9.57. The lowest BCUT2D eigenvalue weighted by Crippen LogP contribution is -2.37. The maximum atomic E-state index is 5.87. The van der Waals surface area contributed by atoms with Crippen LogP contribution in [0.2, 0.25) is 5.02 Å². The molecule has 0 spiro atoms. The smallest absolute Gasteiger partial charge is 0.213 e. The van der Waals surface area contributed by atoms with Gasteiger partial charge in [-0.1, -0.05) is 18.5 Å². The average molecular weight is 454 g/mol. The molecule has 8 heteroatoms. The number of nitrogens with one attached hydrogen (secondary N) is 1. The van der Waals surface area contributed by atoms with Gasteiger partial charge >= 0.3 is 0 Å². The van der Waals surface area contributed by atoms with Crippen LogP contribution >= 0.6 is 35.6 Å². The molecule has 0 radical (unpaired) electrons. The lowest BCUT2D eigenvalue weighted by Gasteiger charge is -2.20. The van der Waals surface area contributed by atoms with E-state index in [0.717, 1.165) is 13.1 Å². The van der Waals surface area contributed by atoms with Gasteiger partial charge in [-0.25, -0.2) is 4.98 Å². The highest BCUT2D eigenvalue weighted by molar-refractivity contribution is 14.0. The summed E-state index contributed by atoms with van der Waals surface area (Å²) in [5.74, 6) is 1.02.